The molecule has 2 fully saturated rings. The maximum atomic E-state index is 11.8. The van der Waals surface area contributed by atoms with E-state index in [-0.39, 0.29) is 16.9 Å². The minimum absolute atomic E-state index is 0.128. The molecule has 0 saturated heterocycles. The first kappa shape index (κ1) is 8.24. The quantitative estimate of drug-likeness (QED) is 0.591. The Kier molecular flexibility index (Phi) is 1.32. The van der Waals surface area contributed by atoms with Crippen LogP contribution < -0.4 is 5.73 Å². The molecule has 0 aromatic rings. The smallest absolute Gasteiger partial charge is 0.156 e. The van der Waals surface area contributed by atoms with E-state index in [1.54, 1.807) is 0 Å². The first-order chi connectivity index (χ1) is 5.41. The average molecular weight is 167 g/mol. The molecular weight excluding hydrogens is 150 g/mol. The Balaban J connectivity index is 2.50. The van der Waals surface area contributed by atoms with Gasteiger partial charge < -0.3 is 5.73 Å². The van der Waals surface area contributed by atoms with E-state index < -0.39 is 0 Å². The molecule has 0 spiro atoms. The Morgan fingerprint density at radius 3 is 2.25 bits per heavy atom. The molecule has 68 valence electrons. The van der Waals surface area contributed by atoms with Crippen molar-refractivity contribution in [2.75, 3.05) is 0 Å². The molecule has 3 atom stereocenters. The first-order valence-electron chi connectivity index (χ1n) is 4.71. The maximum Gasteiger partial charge on any atom is 0.156 e. The molecule has 2 rings (SSSR count). The van der Waals surface area contributed by atoms with Crippen molar-refractivity contribution in [3.63, 3.8) is 0 Å². The van der Waals surface area contributed by atoms with Crippen molar-refractivity contribution >= 4 is 5.78 Å². The molecule has 2 heteroatoms. The van der Waals surface area contributed by atoms with Crippen molar-refractivity contribution in [2.45, 2.75) is 39.7 Å². The van der Waals surface area contributed by atoms with Crippen LogP contribution in [0.25, 0.3) is 0 Å². The molecule has 0 aromatic heterocycles. The summed E-state index contributed by atoms with van der Waals surface area (Å²) >= 11 is 0. The highest BCUT2D eigenvalue weighted by Gasteiger charge is 2.65. The molecule has 2 aliphatic rings. The third-order valence-electron chi connectivity index (χ3n) is 4.58. The molecule has 2 saturated carbocycles. The summed E-state index contributed by atoms with van der Waals surface area (Å²) in [7, 11) is 0. The lowest BCUT2D eigenvalue weighted by Crippen LogP contribution is -2.39. The van der Waals surface area contributed by atoms with Crippen molar-refractivity contribution in [2.24, 2.45) is 22.5 Å². The Labute approximate surface area is 73.5 Å². The molecule has 2 nitrogen and oxygen atoms in total. The third kappa shape index (κ3) is 0.598. The van der Waals surface area contributed by atoms with E-state index in [1.165, 1.54) is 0 Å². The van der Waals surface area contributed by atoms with Gasteiger partial charge in [-0.3, -0.25) is 4.79 Å². The molecule has 0 amide bonds. The van der Waals surface area contributed by atoms with Crippen LogP contribution in [0, 0.1) is 16.7 Å². The fourth-order valence-corrected chi connectivity index (χ4v) is 3.16. The summed E-state index contributed by atoms with van der Waals surface area (Å²) in [6.45, 7) is 6.47. The van der Waals surface area contributed by atoms with Gasteiger partial charge in [0, 0.05) is 5.41 Å². The lowest BCUT2D eigenvalue weighted by Gasteiger charge is -2.32. The van der Waals surface area contributed by atoms with Crippen molar-refractivity contribution in [3.05, 3.63) is 0 Å². The predicted molar refractivity (Wildman–Crippen MR) is 47.6 cm³/mol. The van der Waals surface area contributed by atoms with Gasteiger partial charge >= 0.3 is 0 Å². The van der Waals surface area contributed by atoms with Crippen molar-refractivity contribution < 1.29 is 4.79 Å². The number of carbonyl (C=O) groups excluding carboxylic acids is 1. The van der Waals surface area contributed by atoms with Crippen molar-refractivity contribution in [1.82, 2.24) is 0 Å². The van der Waals surface area contributed by atoms with Crippen LogP contribution in [0.4, 0.5) is 0 Å². The Hall–Kier alpha value is -0.370. The minimum atomic E-state index is -0.182. The van der Waals surface area contributed by atoms with Gasteiger partial charge in [0.1, 0.15) is 0 Å². The van der Waals surface area contributed by atoms with E-state index in [1.807, 2.05) is 0 Å². The van der Waals surface area contributed by atoms with Gasteiger partial charge in [-0.15, -0.1) is 0 Å². The zero-order chi connectivity index (χ0) is 9.15. The van der Waals surface area contributed by atoms with Crippen molar-refractivity contribution in [1.29, 1.82) is 0 Å². The molecule has 0 unspecified atom stereocenters. The summed E-state index contributed by atoms with van der Waals surface area (Å²) in [6, 6.07) is -0.182. The van der Waals surface area contributed by atoms with Crippen LogP contribution >= 0.6 is 0 Å². The second kappa shape index (κ2) is 1.92. The SMILES string of the molecule is CC1(C)[C@H]2CC[C@@]1(C)C(=O)[C@H]2N. The molecule has 0 radical (unpaired) electrons. The fraction of sp³-hybridized carbons (Fsp3) is 0.900. The van der Waals surface area contributed by atoms with E-state index in [4.69, 9.17) is 5.73 Å². The second-order valence-corrected chi connectivity index (χ2v) is 5.09. The van der Waals surface area contributed by atoms with E-state index in [9.17, 15) is 4.79 Å². The molecule has 0 aromatic carbocycles. The number of nitrogens with two attached hydrogens (primary N) is 1. The zero-order valence-electron chi connectivity index (χ0n) is 8.05. The topological polar surface area (TPSA) is 43.1 Å². The van der Waals surface area contributed by atoms with Crippen LogP contribution in [0.5, 0.6) is 0 Å². The standard InChI is InChI=1S/C10H17NO/c1-9(2)6-4-5-10(9,3)8(12)7(6)11/h6-7H,4-5,11H2,1-3H3/t6-,7-,10-/m0/s1. The van der Waals surface area contributed by atoms with Crippen LogP contribution in [-0.4, -0.2) is 11.8 Å². The Morgan fingerprint density at radius 2 is 2.00 bits per heavy atom. The highest BCUT2D eigenvalue weighted by molar-refractivity contribution is 5.94. The van der Waals surface area contributed by atoms with Crippen LogP contribution in [0.1, 0.15) is 33.6 Å². The van der Waals surface area contributed by atoms with E-state index >= 15 is 0 Å². The number of hydrogen-bond donors (Lipinski definition) is 1. The number of ketones is 1. The van der Waals surface area contributed by atoms with E-state index in [0.717, 1.165) is 12.8 Å². The normalized spacial score (nSPS) is 50.2. The molecular formula is C10H17NO. The Morgan fingerprint density at radius 1 is 1.42 bits per heavy atom. The van der Waals surface area contributed by atoms with Gasteiger partial charge in [0.25, 0.3) is 0 Å². The summed E-state index contributed by atoms with van der Waals surface area (Å²) in [6.07, 6.45) is 2.17. The highest BCUT2D eigenvalue weighted by atomic mass is 16.1. The largest absolute Gasteiger partial charge is 0.321 e. The summed E-state index contributed by atoms with van der Waals surface area (Å²) in [4.78, 5) is 11.8. The average Bonchev–Trinajstić information content (AvgIpc) is 2.26. The summed E-state index contributed by atoms with van der Waals surface area (Å²) < 4.78 is 0. The first-order valence-corrected chi connectivity index (χ1v) is 4.71. The minimum Gasteiger partial charge on any atom is -0.321 e. The molecule has 0 aliphatic heterocycles. The van der Waals surface area contributed by atoms with Crippen LogP contribution in [0.2, 0.25) is 0 Å². The number of rotatable bonds is 0. The number of fused-ring (bicyclic) bond motifs is 2. The zero-order valence-corrected chi connectivity index (χ0v) is 8.05. The van der Waals surface area contributed by atoms with E-state index in [0.29, 0.717) is 11.7 Å². The molecule has 2 bridgehead atoms. The number of carbonyl (C=O) groups is 1. The monoisotopic (exact) mass is 167 g/mol. The van der Waals surface area contributed by atoms with E-state index in [2.05, 4.69) is 20.8 Å². The molecule has 0 heterocycles. The summed E-state index contributed by atoms with van der Waals surface area (Å²) in [5.41, 5.74) is 5.88. The lowest BCUT2D eigenvalue weighted by molar-refractivity contribution is -0.129. The van der Waals surface area contributed by atoms with Gasteiger partial charge in [-0.05, 0) is 24.2 Å². The summed E-state index contributed by atoms with van der Waals surface area (Å²) in [5, 5.41) is 0. The summed E-state index contributed by atoms with van der Waals surface area (Å²) in [5.74, 6) is 0.721. The second-order valence-electron chi connectivity index (χ2n) is 5.09. The van der Waals surface area contributed by atoms with Gasteiger partial charge in [-0.1, -0.05) is 20.8 Å². The molecule has 12 heavy (non-hydrogen) atoms. The van der Waals surface area contributed by atoms with Gasteiger partial charge in [-0.25, -0.2) is 0 Å². The van der Waals surface area contributed by atoms with Gasteiger partial charge in [-0.2, -0.15) is 0 Å². The van der Waals surface area contributed by atoms with Gasteiger partial charge in [0.2, 0.25) is 0 Å². The van der Waals surface area contributed by atoms with Crippen LogP contribution in [0.15, 0.2) is 0 Å². The highest BCUT2D eigenvalue weighted by Crippen LogP contribution is 2.62. The Bertz CT molecular complexity index is 246. The third-order valence-corrected chi connectivity index (χ3v) is 4.58. The molecule has 2 N–H and O–H groups in total. The predicted octanol–water partition coefficient (Wildman–Crippen LogP) is 1.34. The van der Waals surface area contributed by atoms with Crippen LogP contribution in [0.3, 0.4) is 0 Å². The van der Waals surface area contributed by atoms with Crippen LogP contribution in [-0.2, 0) is 4.79 Å². The number of hydrogen-bond acceptors (Lipinski definition) is 2. The van der Waals surface area contributed by atoms with Crippen molar-refractivity contribution in [3.8, 4) is 0 Å². The van der Waals surface area contributed by atoms with Gasteiger partial charge in [0.05, 0.1) is 6.04 Å². The maximum absolute atomic E-state index is 11.8. The molecule has 2 aliphatic carbocycles. The fourth-order valence-electron chi connectivity index (χ4n) is 3.16. The van der Waals surface area contributed by atoms with Gasteiger partial charge in [0.15, 0.2) is 5.78 Å². The lowest BCUT2D eigenvalue weighted by atomic mass is 9.70. The number of Topliss-reactive ketones (excluding diaryl/α,β-unsaturated/α-hetero) is 1.